The molecule has 3 aromatic rings. The van der Waals surface area contributed by atoms with Crippen molar-refractivity contribution >= 4 is 15.9 Å². The monoisotopic (exact) mass is 325 g/mol. The third-order valence-corrected chi connectivity index (χ3v) is 2.91. The summed E-state index contributed by atoms with van der Waals surface area (Å²) in [6.45, 7) is 0. The van der Waals surface area contributed by atoms with Crippen molar-refractivity contribution in [3.05, 3.63) is 45.2 Å². The molecular formula is C10H3BrFN4O3. The van der Waals surface area contributed by atoms with Crippen LogP contribution in [0.25, 0.3) is 17.2 Å². The van der Waals surface area contributed by atoms with Crippen LogP contribution in [0.2, 0.25) is 0 Å². The Kier molecular flexibility index (Phi) is 2.75. The summed E-state index contributed by atoms with van der Waals surface area (Å²) in [4.78, 5) is 11.7. The lowest BCUT2D eigenvalue weighted by atomic mass is 10.3. The summed E-state index contributed by atoms with van der Waals surface area (Å²) < 4.78 is 23.4. The van der Waals surface area contributed by atoms with Gasteiger partial charge in [0, 0.05) is 0 Å². The van der Waals surface area contributed by atoms with Crippen LogP contribution in [0.15, 0.2) is 36.6 Å². The van der Waals surface area contributed by atoms with E-state index in [1.54, 1.807) is 0 Å². The van der Waals surface area contributed by atoms with Crippen molar-refractivity contribution in [2.24, 2.45) is 0 Å². The Labute approximate surface area is 112 Å². The second-order valence-electron chi connectivity index (χ2n) is 3.43. The zero-order valence-corrected chi connectivity index (χ0v) is 10.6. The molecule has 0 spiro atoms. The molecule has 0 N–H and O–H groups in total. The molecule has 0 saturated carbocycles. The van der Waals surface area contributed by atoms with Gasteiger partial charge in [0.15, 0.2) is 11.9 Å². The lowest BCUT2D eigenvalue weighted by molar-refractivity contribution is 0.307. The van der Waals surface area contributed by atoms with Crippen molar-refractivity contribution in [2.75, 3.05) is 0 Å². The summed E-state index contributed by atoms with van der Waals surface area (Å²) in [5, 5.41) is 10.4. The van der Waals surface area contributed by atoms with Crippen molar-refractivity contribution in [1.29, 1.82) is 0 Å². The van der Waals surface area contributed by atoms with Gasteiger partial charge in [0.05, 0.1) is 10.2 Å². The fourth-order valence-electron chi connectivity index (χ4n) is 1.49. The molecule has 3 rings (SSSR count). The molecule has 1 aromatic carbocycles. The molecule has 0 aliphatic heterocycles. The first-order chi connectivity index (χ1) is 9.16. The lowest BCUT2D eigenvalue weighted by Gasteiger charge is -2.03. The normalized spacial score (nSPS) is 10.8. The van der Waals surface area contributed by atoms with E-state index in [0.29, 0.717) is 5.69 Å². The molecule has 0 aliphatic rings. The van der Waals surface area contributed by atoms with E-state index in [-0.39, 0.29) is 16.0 Å². The molecule has 0 fully saturated rings. The Bertz CT molecular complexity index is 780. The summed E-state index contributed by atoms with van der Waals surface area (Å²) in [7, 11) is 0. The van der Waals surface area contributed by atoms with Crippen LogP contribution in [0, 0.1) is 12.0 Å². The summed E-state index contributed by atoms with van der Waals surface area (Å²) in [6.07, 6.45) is 2.41. The number of hydrogen-bond acceptors (Lipinski definition) is 6. The molecule has 0 aliphatic carbocycles. The van der Waals surface area contributed by atoms with Crippen molar-refractivity contribution in [2.45, 2.75) is 0 Å². The van der Waals surface area contributed by atoms with Gasteiger partial charge in [-0.3, -0.25) is 4.52 Å². The van der Waals surface area contributed by atoms with E-state index in [0.717, 1.165) is 4.57 Å². The molecule has 0 saturated heterocycles. The average Bonchev–Trinajstić information content (AvgIpc) is 3.01. The maximum absolute atomic E-state index is 13.2. The number of rotatable bonds is 2. The number of nitrogens with zero attached hydrogens (tertiary/aromatic N) is 4. The average molecular weight is 326 g/mol. The lowest BCUT2D eigenvalue weighted by Crippen LogP contribution is -2.13. The number of aromatic nitrogens is 4. The van der Waals surface area contributed by atoms with Crippen LogP contribution in [0.4, 0.5) is 4.39 Å². The minimum atomic E-state index is -0.745. The molecule has 0 unspecified atom stereocenters. The smallest absolute Gasteiger partial charge is 0.295 e. The molecule has 0 bridgehead atoms. The van der Waals surface area contributed by atoms with Gasteiger partial charge >= 0.3 is 5.76 Å². The van der Waals surface area contributed by atoms with Crippen LogP contribution >= 0.6 is 15.9 Å². The topological polar surface area (TPSA) is 86.9 Å². The highest BCUT2D eigenvalue weighted by Crippen LogP contribution is 2.21. The van der Waals surface area contributed by atoms with E-state index < -0.39 is 11.6 Å². The minimum absolute atomic E-state index is 0.0600. The zero-order chi connectivity index (χ0) is 13.4. The number of hydrogen-bond donors (Lipinski definition) is 0. The largest absolute Gasteiger partial charge is 0.446 e. The summed E-state index contributed by atoms with van der Waals surface area (Å²) in [5.74, 6) is -1.14. The summed E-state index contributed by atoms with van der Waals surface area (Å²) in [6, 6.07) is 4.01. The standard InChI is InChI=1S/C10H3BrFN4O3/c11-6-3-5(1-2-7(6)12)16-9(15-18-10(16)17)8-4-13-19-14-8/h1-3H. The highest BCUT2D eigenvalue weighted by atomic mass is 79.9. The van der Waals surface area contributed by atoms with Crippen LogP contribution in [-0.4, -0.2) is 20.0 Å². The molecule has 95 valence electrons. The molecular weight excluding hydrogens is 323 g/mol. The fourth-order valence-corrected chi connectivity index (χ4v) is 1.85. The molecule has 2 heterocycles. The molecule has 0 atom stereocenters. The highest BCUT2D eigenvalue weighted by Gasteiger charge is 2.18. The summed E-state index contributed by atoms with van der Waals surface area (Å²) >= 11 is 3.03. The van der Waals surface area contributed by atoms with Gasteiger partial charge in [-0.15, -0.1) is 0 Å². The van der Waals surface area contributed by atoms with Crippen LogP contribution in [-0.2, 0) is 0 Å². The predicted octanol–water partition coefficient (Wildman–Crippen LogP) is 1.58. The molecule has 7 nitrogen and oxygen atoms in total. The minimum Gasteiger partial charge on any atom is -0.295 e. The van der Waals surface area contributed by atoms with Gasteiger partial charge in [-0.05, 0) is 44.4 Å². The third kappa shape index (κ3) is 1.97. The Balaban J connectivity index is 2.22. The number of halogens is 2. The van der Waals surface area contributed by atoms with E-state index in [9.17, 15) is 9.18 Å². The quantitative estimate of drug-likeness (QED) is 0.710. The van der Waals surface area contributed by atoms with E-state index in [4.69, 9.17) is 0 Å². The first kappa shape index (κ1) is 11.8. The first-order valence-corrected chi connectivity index (χ1v) is 5.71. The van der Waals surface area contributed by atoms with Crippen molar-refractivity contribution in [3.63, 3.8) is 0 Å². The highest BCUT2D eigenvalue weighted by molar-refractivity contribution is 9.10. The Morgan fingerprint density at radius 1 is 1.37 bits per heavy atom. The van der Waals surface area contributed by atoms with Gasteiger partial charge in [0.1, 0.15) is 5.82 Å². The van der Waals surface area contributed by atoms with Crippen molar-refractivity contribution in [3.8, 4) is 17.2 Å². The summed E-state index contributed by atoms with van der Waals surface area (Å²) in [5.41, 5.74) is 0.456. The van der Waals surface area contributed by atoms with Crippen LogP contribution in [0.5, 0.6) is 0 Å². The van der Waals surface area contributed by atoms with E-state index in [1.807, 2.05) is 0 Å². The van der Waals surface area contributed by atoms with Gasteiger partial charge in [0.2, 0.25) is 5.82 Å². The maximum atomic E-state index is 13.2. The molecule has 9 heteroatoms. The molecule has 1 radical (unpaired) electrons. The van der Waals surface area contributed by atoms with Gasteiger partial charge in [0.25, 0.3) is 0 Å². The van der Waals surface area contributed by atoms with Crippen LogP contribution in [0.3, 0.4) is 0 Å². The SMILES string of the molecule is O=c1onc(-c2[c]non2)n1-c1ccc(F)c(Br)c1. The first-order valence-electron chi connectivity index (χ1n) is 4.91. The number of benzene rings is 1. The second kappa shape index (κ2) is 4.43. The predicted molar refractivity (Wildman–Crippen MR) is 61.9 cm³/mol. The van der Waals surface area contributed by atoms with Gasteiger partial charge < -0.3 is 0 Å². The van der Waals surface area contributed by atoms with Crippen LogP contribution < -0.4 is 5.76 Å². The Morgan fingerprint density at radius 3 is 2.89 bits per heavy atom. The van der Waals surface area contributed by atoms with Crippen molar-refractivity contribution in [1.82, 2.24) is 20.0 Å². The maximum Gasteiger partial charge on any atom is 0.446 e. The van der Waals surface area contributed by atoms with Gasteiger partial charge in [-0.2, -0.15) is 0 Å². The third-order valence-electron chi connectivity index (χ3n) is 2.30. The van der Waals surface area contributed by atoms with Crippen molar-refractivity contribution < 1.29 is 13.5 Å². The second-order valence-corrected chi connectivity index (χ2v) is 4.28. The molecule has 0 amide bonds. The van der Waals surface area contributed by atoms with E-state index in [1.165, 1.54) is 18.2 Å². The van der Waals surface area contributed by atoms with Gasteiger partial charge in [-0.1, -0.05) is 5.16 Å². The van der Waals surface area contributed by atoms with E-state index >= 15 is 0 Å². The molecule has 19 heavy (non-hydrogen) atoms. The van der Waals surface area contributed by atoms with E-state index in [2.05, 4.69) is 46.7 Å². The molecule has 2 aromatic heterocycles. The van der Waals surface area contributed by atoms with Gasteiger partial charge in [-0.25, -0.2) is 18.4 Å². The zero-order valence-electron chi connectivity index (χ0n) is 9.00. The Morgan fingerprint density at radius 2 is 2.21 bits per heavy atom. The van der Waals surface area contributed by atoms with Crippen LogP contribution in [0.1, 0.15) is 0 Å². The fraction of sp³-hybridized carbons (Fsp3) is 0. The Hall–Kier alpha value is -2.29.